The van der Waals surface area contributed by atoms with Gasteiger partial charge in [0.15, 0.2) is 5.78 Å². The van der Waals surface area contributed by atoms with Crippen LogP contribution in [-0.2, 0) is 4.79 Å². The second kappa shape index (κ2) is 3.09. The molecule has 1 heterocycles. The summed E-state index contributed by atoms with van der Waals surface area (Å²) in [7, 11) is 0. The Morgan fingerprint density at radius 3 is 2.85 bits per heavy atom. The predicted octanol–water partition coefficient (Wildman–Crippen LogP) is 1.05. The predicted molar refractivity (Wildman–Crippen MR) is 52.7 cm³/mol. The summed E-state index contributed by atoms with van der Waals surface area (Å²) in [5.41, 5.74) is 7.44. The van der Waals surface area contributed by atoms with E-state index in [1.165, 1.54) is 0 Å². The smallest absolute Gasteiger partial charge is 0.153 e. The fraction of sp³-hybridized carbons (Fsp3) is 0.300. The van der Waals surface area contributed by atoms with Gasteiger partial charge in [-0.3, -0.25) is 4.79 Å². The number of carbonyl (C=O) groups excluding carboxylic acids is 1. The van der Waals surface area contributed by atoms with Crippen molar-refractivity contribution in [1.29, 1.82) is 0 Å². The average molecular weight is 176 g/mol. The maximum Gasteiger partial charge on any atom is 0.153 e. The van der Waals surface area contributed by atoms with Crippen molar-refractivity contribution in [3.63, 3.8) is 0 Å². The first-order chi connectivity index (χ1) is 6.25. The summed E-state index contributed by atoms with van der Waals surface area (Å²) < 4.78 is 0. The number of carbonyl (C=O) groups is 1. The van der Waals surface area contributed by atoms with Crippen LogP contribution in [0.5, 0.6) is 0 Å². The molecule has 3 heteroatoms. The highest BCUT2D eigenvalue weighted by Crippen LogP contribution is 2.20. The lowest BCUT2D eigenvalue weighted by atomic mass is 10.2. The molecule has 0 bridgehead atoms. The maximum absolute atomic E-state index is 11.0. The van der Waals surface area contributed by atoms with E-state index >= 15 is 0 Å². The van der Waals surface area contributed by atoms with Crippen LogP contribution in [0.15, 0.2) is 24.3 Å². The van der Waals surface area contributed by atoms with E-state index in [4.69, 9.17) is 5.73 Å². The molecule has 1 aromatic carbocycles. The number of nitrogen functional groups attached to an aromatic ring is 1. The molecule has 13 heavy (non-hydrogen) atoms. The van der Waals surface area contributed by atoms with Gasteiger partial charge in [-0.2, -0.15) is 0 Å². The van der Waals surface area contributed by atoms with E-state index in [0.29, 0.717) is 18.7 Å². The lowest BCUT2D eigenvalue weighted by Crippen LogP contribution is -2.19. The Bertz CT molecular complexity index is 335. The van der Waals surface area contributed by atoms with E-state index in [0.717, 1.165) is 17.9 Å². The van der Waals surface area contributed by atoms with Crippen LogP contribution >= 0.6 is 0 Å². The summed E-state index contributed by atoms with van der Waals surface area (Å²) in [5, 5.41) is 0. The van der Waals surface area contributed by atoms with Crippen molar-refractivity contribution in [2.24, 2.45) is 0 Å². The highest BCUT2D eigenvalue weighted by Gasteiger charge is 2.19. The van der Waals surface area contributed by atoms with Crippen molar-refractivity contribution in [2.75, 3.05) is 23.7 Å². The number of Topliss-reactive ketones (excluding diaryl/α,β-unsaturated/α-hetero) is 1. The highest BCUT2D eigenvalue weighted by molar-refractivity contribution is 5.87. The molecule has 68 valence electrons. The summed E-state index contributed by atoms with van der Waals surface area (Å²) >= 11 is 0. The van der Waals surface area contributed by atoms with Crippen molar-refractivity contribution >= 4 is 17.2 Å². The molecule has 0 radical (unpaired) electrons. The second-order valence-corrected chi connectivity index (χ2v) is 3.31. The van der Waals surface area contributed by atoms with Gasteiger partial charge in [-0.25, -0.2) is 0 Å². The van der Waals surface area contributed by atoms with E-state index in [1.807, 2.05) is 24.3 Å². The van der Waals surface area contributed by atoms with Gasteiger partial charge in [0.2, 0.25) is 0 Å². The third-order valence-electron chi connectivity index (χ3n) is 2.26. The SMILES string of the molecule is Nc1cccc(N2CCC(=O)C2)c1. The van der Waals surface area contributed by atoms with Gasteiger partial charge in [0.1, 0.15) is 0 Å². The highest BCUT2D eigenvalue weighted by atomic mass is 16.1. The third kappa shape index (κ3) is 1.64. The molecule has 1 aromatic rings. The van der Waals surface area contributed by atoms with Crippen molar-refractivity contribution in [3.05, 3.63) is 24.3 Å². The fourth-order valence-electron chi connectivity index (χ4n) is 1.57. The molecule has 2 N–H and O–H groups in total. The van der Waals surface area contributed by atoms with E-state index < -0.39 is 0 Å². The monoisotopic (exact) mass is 176 g/mol. The van der Waals surface area contributed by atoms with Gasteiger partial charge in [0.25, 0.3) is 0 Å². The first kappa shape index (κ1) is 8.10. The van der Waals surface area contributed by atoms with E-state index in [9.17, 15) is 4.79 Å². The number of rotatable bonds is 1. The van der Waals surface area contributed by atoms with Gasteiger partial charge in [-0.05, 0) is 18.2 Å². The van der Waals surface area contributed by atoms with Crippen LogP contribution in [0.4, 0.5) is 11.4 Å². The fourth-order valence-corrected chi connectivity index (χ4v) is 1.57. The maximum atomic E-state index is 11.0. The lowest BCUT2D eigenvalue weighted by molar-refractivity contribution is -0.116. The average Bonchev–Trinajstić information content (AvgIpc) is 2.52. The standard InChI is InChI=1S/C10H12N2O/c11-8-2-1-3-9(6-8)12-5-4-10(13)7-12/h1-3,6H,4-5,7,11H2. The van der Waals surface area contributed by atoms with Crippen LogP contribution < -0.4 is 10.6 Å². The molecule has 0 aromatic heterocycles. The topological polar surface area (TPSA) is 46.3 Å². The van der Waals surface area contributed by atoms with Crippen LogP contribution in [0.1, 0.15) is 6.42 Å². The van der Waals surface area contributed by atoms with Gasteiger partial charge >= 0.3 is 0 Å². The molecule has 1 saturated heterocycles. The van der Waals surface area contributed by atoms with Gasteiger partial charge in [-0.15, -0.1) is 0 Å². The summed E-state index contributed by atoms with van der Waals surface area (Å²) in [6.07, 6.45) is 0.662. The molecule has 1 aliphatic heterocycles. The molecule has 0 spiro atoms. The Morgan fingerprint density at radius 1 is 1.38 bits per heavy atom. The van der Waals surface area contributed by atoms with Crippen LogP contribution in [0.2, 0.25) is 0 Å². The lowest BCUT2D eigenvalue weighted by Gasteiger charge is -2.16. The van der Waals surface area contributed by atoms with E-state index in [1.54, 1.807) is 0 Å². The van der Waals surface area contributed by atoms with Gasteiger partial charge < -0.3 is 10.6 Å². The molecular weight excluding hydrogens is 164 g/mol. The number of nitrogens with two attached hydrogens (primary N) is 1. The Morgan fingerprint density at radius 2 is 2.23 bits per heavy atom. The first-order valence-corrected chi connectivity index (χ1v) is 4.38. The number of hydrogen-bond donors (Lipinski definition) is 1. The zero-order valence-electron chi connectivity index (χ0n) is 7.36. The van der Waals surface area contributed by atoms with Crippen LogP contribution in [0.3, 0.4) is 0 Å². The van der Waals surface area contributed by atoms with Crippen molar-refractivity contribution in [1.82, 2.24) is 0 Å². The minimum absolute atomic E-state index is 0.308. The normalized spacial score (nSPS) is 16.6. The van der Waals surface area contributed by atoms with Crippen molar-refractivity contribution in [3.8, 4) is 0 Å². The van der Waals surface area contributed by atoms with Crippen LogP contribution in [0.25, 0.3) is 0 Å². The molecular formula is C10H12N2O. The largest absolute Gasteiger partial charge is 0.399 e. The summed E-state index contributed by atoms with van der Waals surface area (Å²) in [6, 6.07) is 7.64. The molecule has 0 unspecified atom stereocenters. The number of ketones is 1. The number of nitrogens with zero attached hydrogens (tertiary/aromatic N) is 1. The molecule has 0 atom stereocenters. The Balaban J connectivity index is 2.21. The second-order valence-electron chi connectivity index (χ2n) is 3.31. The molecule has 0 saturated carbocycles. The molecule has 0 aliphatic carbocycles. The molecule has 1 fully saturated rings. The Hall–Kier alpha value is -1.51. The number of hydrogen-bond acceptors (Lipinski definition) is 3. The quantitative estimate of drug-likeness (QED) is 0.650. The summed E-state index contributed by atoms with van der Waals surface area (Å²) in [6.45, 7) is 1.35. The van der Waals surface area contributed by atoms with Gasteiger partial charge in [0, 0.05) is 24.3 Å². The minimum atomic E-state index is 0.308. The molecule has 3 nitrogen and oxygen atoms in total. The third-order valence-corrected chi connectivity index (χ3v) is 2.26. The van der Waals surface area contributed by atoms with Gasteiger partial charge in [-0.1, -0.05) is 6.07 Å². The van der Waals surface area contributed by atoms with Crippen molar-refractivity contribution in [2.45, 2.75) is 6.42 Å². The molecule has 2 rings (SSSR count). The zero-order valence-corrected chi connectivity index (χ0v) is 7.36. The minimum Gasteiger partial charge on any atom is -0.399 e. The summed E-state index contributed by atoms with van der Waals surface area (Å²) in [5.74, 6) is 0.308. The summed E-state index contributed by atoms with van der Waals surface area (Å²) in [4.78, 5) is 13.1. The molecule has 1 aliphatic rings. The first-order valence-electron chi connectivity index (χ1n) is 4.38. The Kier molecular flexibility index (Phi) is 1.93. The van der Waals surface area contributed by atoms with Crippen LogP contribution in [0, 0.1) is 0 Å². The number of benzene rings is 1. The van der Waals surface area contributed by atoms with E-state index in [2.05, 4.69) is 4.90 Å². The molecule has 0 amide bonds. The van der Waals surface area contributed by atoms with E-state index in [-0.39, 0.29) is 0 Å². The van der Waals surface area contributed by atoms with Gasteiger partial charge in [0.05, 0.1) is 6.54 Å². The zero-order chi connectivity index (χ0) is 9.26. The Labute approximate surface area is 77.1 Å². The van der Waals surface area contributed by atoms with Crippen molar-refractivity contribution < 1.29 is 4.79 Å². The number of anilines is 2. The van der Waals surface area contributed by atoms with Crippen LogP contribution in [-0.4, -0.2) is 18.9 Å².